The Morgan fingerprint density at radius 1 is 1.06 bits per heavy atom. The first-order chi connectivity index (χ1) is 14.7. The van der Waals surface area contributed by atoms with Crippen LogP contribution in [0.2, 0.25) is 0 Å². The largest absolute Gasteiger partial charge is 0.493 e. The van der Waals surface area contributed by atoms with Crippen molar-refractivity contribution in [3.63, 3.8) is 0 Å². The Balaban J connectivity index is 1.83. The quantitative estimate of drug-likeness (QED) is 0.546. The average molecular weight is 432 g/mol. The number of amides is 1. The van der Waals surface area contributed by atoms with Gasteiger partial charge in [-0.25, -0.2) is 4.79 Å². The lowest BCUT2D eigenvalue weighted by Gasteiger charge is -2.19. The van der Waals surface area contributed by atoms with E-state index in [2.05, 4.69) is 5.32 Å². The number of ether oxygens (including phenoxy) is 4. The molecule has 0 radical (unpaired) electrons. The molecule has 2 aromatic rings. The zero-order chi connectivity index (χ0) is 22.9. The number of aryl methyl sites for hydroxylation is 1. The van der Waals surface area contributed by atoms with Crippen LogP contribution in [0.3, 0.4) is 0 Å². The summed E-state index contributed by atoms with van der Waals surface area (Å²) in [6.07, 6.45) is 0.137. The molecule has 0 bridgehead atoms. The maximum atomic E-state index is 11.6. The van der Waals surface area contributed by atoms with E-state index < -0.39 is 17.8 Å². The van der Waals surface area contributed by atoms with E-state index in [1.54, 1.807) is 14.2 Å². The van der Waals surface area contributed by atoms with Crippen molar-refractivity contribution < 1.29 is 28.8 Å². The van der Waals surface area contributed by atoms with Crippen molar-refractivity contribution >= 4 is 6.09 Å². The van der Waals surface area contributed by atoms with E-state index in [0.29, 0.717) is 43.2 Å². The van der Waals surface area contributed by atoms with Crippen molar-refractivity contribution in [3.05, 3.63) is 53.6 Å². The van der Waals surface area contributed by atoms with E-state index in [0.717, 1.165) is 11.1 Å². The summed E-state index contributed by atoms with van der Waals surface area (Å²) in [5.41, 5.74) is 1.29. The van der Waals surface area contributed by atoms with Gasteiger partial charge in [0.05, 0.1) is 26.9 Å². The van der Waals surface area contributed by atoms with E-state index in [4.69, 9.17) is 18.9 Å². The monoisotopic (exact) mass is 431 g/mol. The molecule has 2 aromatic carbocycles. The number of carbonyl (C=O) groups is 1. The third-order valence-electron chi connectivity index (χ3n) is 4.44. The fourth-order valence-electron chi connectivity index (χ4n) is 2.95. The number of carbonyl (C=O) groups excluding carboxylic acids is 1. The van der Waals surface area contributed by atoms with Gasteiger partial charge in [0.2, 0.25) is 0 Å². The summed E-state index contributed by atoms with van der Waals surface area (Å²) < 4.78 is 21.4. The Bertz CT molecular complexity index is 846. The molecule has 7 nitrogen and oxygen atoms in total. The first kappa shape index (κ1) is 24.3. The predicted octanol–water partition coefficient (Wildman–Crippen LogP) is 4.27. The summed E-state index contributed by atoms with van der Waals surface area (Å²) >= 11 is 0. The molecular formula is C24H33NO6. The number of methoxy groups -OCH3 is 2. The van der Waals surface area contributed by atoms with Crippen LogP contribution in [-0.2, 0) is 11.2 Å². The average Bonchev–Trinajstić information content (AvgIpc) is 2.73. The van der Waals surface area contributed by atoms with Crippen molar-refractivity contribution in [2.45, 2.75) is 45.3 Å². The molecule has 0 aliphatic carbocycles. The van der Waals surface area contributed by atoms with Crippen molar-refractivity contribution in [3.8, 4) is 17.2 Å². The van der Waals surface area contributed by atoms with Crippen LogP contribution in [0.4, 0.5) is 4.79 Å². The second kappa shape index (κ2) is 11.5. The Morgan fingerprint density at radius 2 is 1.81 bits per heavy atom. The first-order valence-corrected chi connectivity index (χ1v) is 10.3. The molecular weight excluding hydrogens is 398 g/mol. The highest BCUT2D eigenvalue weighted by molar-refractivity contribution is 5.67. The first-order valence-electron chi connectivity index (χ1n) is 10.3. The van der Waals surface area contributed by atoms with Gasteiger partial charge in [-0.2, -0.15) is 0 Å². The molecule has 0 aliphatic heterocycles. The number of nitrogens with one attached hydrogen (secondary N) is 1. The minimum Gasteiger partial charge on any atom is -0.493 e. The summed E-state index contributed by atoms with van der Waals surface area (Å²) in [5, 5.41) is 13.2. The molecule has 0 aromatic heterocycles. The molecule has 1 atom stereocenters. The number of alkyl carbamates (subject to hydrolysis) is 1. The molecule has 0 aliphatic rings. The second-order valence-corrected chi connectivity index (χ2v) is 8.09. The molecule has 7 heteroatoms. The van der Waals surface area contributed by atoms with Gasteiger partial charge in [-0.3, -0.25) is 0 Å². The summed E-state index contributed by atoms with van der Waals surface area (Å²) in [7, 11) is 3.20. The molecule has 170 valence electrons. The standard InChI is InChI=1S/C24H33NO6/c1-24(2,3)31-23(27)25-13-14-30-19-8-6-7-18(16-19)20(26)11-9-17-10-12-21(28-4)22(15-17)29-5/h6-8,10,12,15-16,20,26H,9,11,13-14H2,1-5H3,(H,25,27)/t20-/m1/s1. The molecule has 0 saturated heterocycles. The van der Waals surface area contributed by atoms with Crippen LogP contribution in [0.25, 0.3) is 0 Å². The molecule has 2 rings (SSSR count). The molecule has 0 fully saturated rings. The molecule has 31 heavy (non-hydrogen) atoms. The molecule has 2 N–H and O–H groups in total. The summed E-state index contributed by atoms with van der Waals surface area (Å²) in [6.45, 7) is 6.05. The van der Waals surface area contributed by atoms with Crippen LogP contribution in [0, 0.1) is 0 Å². The minimum atomic E-state index is -0.628. The van der Waals surface area contributed by atoms with Crippen LogP contribution in [0.1, 0.15) is 44.4 Å². The number of rotatable bonds is 10. The highest BCUT2D eigenvalue weighted by Crippen LogP contribution is 2.29. The molecule has 0 heterocycles. The fraction of sp³-hybridized carbons (Fsp3) is 0.458. The van der Waals surface area contributed by atoms with Crippen LogP contribution in [0.5, 0.6) is 17.2 Å². The maximum absolute atomic E-state index is 11.6. The van der Waals surface area contributed by atoms with Crippen LogP contribution < -0.4 is 19.5 Å². The van der Waals surface area contributed by atoms with Gasteiger partial charge in [-0.1, -0.05) is 18.2 Å². The normalized spacial score (nSPS) is 12.1. The molecule has 0 saturated carbocycles. The fourth-order valence-corrected chi connectivity index (χ4v) is 2.95. The van der Waals surface area contributed by atoms with Gasteiger partial charge in [0, 0.05) is 0 Å². The van der Waals surface area contributed by atoms with E-state index in [9.17, 15) is 9.90 Å². The molecule has 0 spiro atoms. The van der Waals surface area contributed by atoms with Gasteiger partial charge in [0.15, 0.2) is 11.5 Å². The maximum Gasteiger partial charge on any atom is 0.407 e. The van der Waals surface area contributed by atoms with E-state index in [1.165, 1.54) is 0 Å². The highest BCUT2D eigenvalue weighted by atomic mass is 16.6. The van der Waals surface area contributed by atoms with Crippen LogP contribution >= 0.6 is 0 Å². The number of aliphatic hydroxyl groups excluding tert-OH is 1. The summed E-state index contributed by atoms with van der Waals surface area (Å²) in [5.74, 6) is 1.98. The van der Waals surface area contributed by atoms with Crippen LogP contribution in [0.15, 0.2) is 42.5 Å². The van der Waals surface area contributed by atoms with E-state index in [1.807, 2.05) is 63.2 Å². The number of hydrogen-bond acceptors (Lipinski definition) is 6. The lowest BCUT2D eigenvalue weighted by atomic mass is 10.0. The zero-order valence-electron chi connectivity index (χ0n) is 18.9. The van der Waals surface area contributed by atoms with E-state index in [-0.39, 0.29) is 0 Å². The van der Waals surface area contributed by atoms with Crippen LogP contribution in [-0.4, -0.2) is 44.2 Å². The third kappa shape index (κ3) is 8.38. The Morgan fingerprint density at radius 3 is 2.48 bits per heavy atom. The Kier molecular flexibility index (Phi) is 9.00. The number of benzene rings is 2. The third-order valence-corrected chi connectivity index (χ3v) is 4.44. The van der Waals surface area contributed by atoms with Gasteiger partial charge in [0.1, 0.15) is 18.0 Å². The van der Waals surface area contributed by atoms with Gasteiger partial charge in [-0.15, -0.1) is 0 Å². The smallest absolute Gasteiger partial charge is 0.407 e. The van der Waals surface area contributed by atoms with Crippen molar-refractivity contribution in [1.29, 1.82) is 0 Å². The van der Waals surface area contributed by atoms with Gasteiger partial charge in [-0.05, 0) is 69.0 Å². The highest BCUT2D eigenvalue weighted by Gasteiger charge is 2.15. The van der Waals surface area contributed by atoms with E-state index >= 15 is 0 Å². The topological polar surface area (TPSA) is 86.2 Å². The van der Waals surface area contributed by atoms with Crippen molar-refractivity contribution in [2.24, 2.45) is 0 Å². The number of hydrogen-bond donors (Lipinski definition) is 2. The minimum absolute atomic E-state index is 0.296. The molecule has 0 unspecified atom stereocenters. The SMILES string of the molecule is COc1ccc(CC[C@@H](O)c2cccc(OCCNC(=O)OC(C)(C)C)c2)cc1OC. The predicted molar refractivity (Wildman–Crippen MR) is 119 cm³/mol. The van der Waals surface area contributed by atoms with Gasteiger partial charge >= 0.3 is 6.09 Å². The lowest BCUT2D eigenvalue weighted by molar-refractivity contribution is 0.0520. The Hall–Kier alpha value is -2.93. The van der Waals surface area contributed by atoms with Crippen molar-refractivity contribution in [2.75, 3.05) is 27.4 Å². The Labute approximate surface area is 184 Å². The second-order valence-electron chi connectivity index (χ2n) is 8.09. The summed E-state index contributed by atoms with van der Waals surface area (Å²) in [6, 6.07) is 13.1. The lowest BCUT2D eigenvalue weighted by Crippen LogP contribution is -2.34. The van der Waals surface area contributed by atoms with Gasteiger partial charge < -0.3 is 29.4 Å². The van der Waals surface area contributed by atoms with Crippen molar-refractivity contribution in [1.82, 2.24) is 5.32 Å². The molecule has 1 amide bonds. The van der Waals surface area contributed by atoms with Gasteiger partial charge in [0.25, 0.3) is 0 Å². The number of aliphatic hydroxyl groups is 1. The zero-order valence-corrected chi connectivity index (χ0v) is 18.9. The summed E-state index contributed by atoms with van der Waals surface area (Å²) in [4.78, 5) is 11.6.